The Balaban J connectivity index is 2.33. The van der Waals surface area contributed by atoms with Gasteiger partial charge in [-0.3, -0.25) is 0 Å². The van der Waals surface area contributed by atoms with Gasteiger partial charge in [0.1, 0.15) is 0 Å². The van der Waals surface area contributed by atoms with Gasteiger partial charge in [0.25, 0.3) is 0 Å². The van der Waals surface area contributed by atoms with Crippen LogP contribution in [-0.4, -0.2) is 16.3 Å². The molecule has 2 rings (SSSR count). The summed E-state index contributed by atoms with van der Waals surface area (Å²) in [4.78, 5) is 2.33. The summed E-state index contributed by atoms with van der Waals surface area (Å²) in [6, 6.07) is 10.5. The molecule has 1 aromatic carbocycles. The lowest BCUT2D eigenvalue weighted by atomic mass is 10.2. The second kappa shape index (κ2) is 6.46. The zero-order valence-corrected chi connectivity index (χ0v) is 12.6. The summed E-state index contributed by atoms with van der Waals surface area (Å²) < 4.78 is 2.00. The highest BCUT2D eigenvalue weighted by Crippen LogP contribution is 2.28. The predicted molar refractivity (Wildman–Crippen MR) is 84.8 cm³/mol. The molecule has 4 nitrogen and oxygen atoms in total. The number of anilines is 2. The molecule has 0 spiro atoms. The summed E-state index contributed by atoms with van der Waals surface area (Å²) in [7, 11) is 0. The van der Waals surface area contributed by atoms with Crippen molar-refractivity contribution in [2.45, 2.75) is 40.3 Å². The van der Waals surface area contributed by atoms with Gasteiger partial charge in [-0.15, -0.1) is 0 Å². The first-order valence-electron chi connectivity index (χ1n) is 7.29. The van der Waals surface area contributed by atoms with Gasteiger partial charge in [-0.05, 0) is 25.8 Å². The average Bonchev–Trinajstić information content (AvgIpc) is 2.75. The number of rotatable bonds is 6. The van der Waals surface area contributed by atoms with E-state index in [1.807, 2.05) is 17.7 Å². The smallest absolute Gasteiger partial charge is 0.150 e. The largest absolute Gasteiger partial charge is 0.394 e. The molecule has 2 N–H and O–H groups in total. The molecule has 0 amide bonds. The summed E-state index contributed by atoms with van der Waals surface area (Å²) in [6.07, 6.45) is 1.08. The van der Waals surface area contributed by atoms with Gasteiger partial charge in [0.15, 0.2) is 5.82 Å². The van der Waals surface area contributed by atoms with Gasteiger partial charge in [-0.25, -0.2) is 4.68 Å². The number of hydrogen-bond acceptors (Lipinski definition) is 3. The van der Waals surface area contributed by atoms with Crippen molar-refractivity contribution in [3.8, 4) is 0 Å². The first kappa shape index (κ1) is 14.4. The first-order chi connectivity index (χ1) is 9.67. The van der Waals surface area contributed by atoms with E-state index in [1.165, 1.54) is 5.56 Å². The molecule has 20 heavy (non-hydrogen) atoms. The van der Waals surface area contributed by atoms with Crippen LogP contribution in [0, 0.1) is 6.92 Å². The molecule has 0 aliphatic carbocycles. The standard InChI is InChI=1S/C16H24N4/c1-4-11-19(12-14-9-7-6-8-10-14)16-15(17)13(3)18-20(16)5-2/h6-10H,4-5,11-12,17H2,1-3H3. The second-order valence-corrected chi connectivity index (χ2v) is 5.05. The minimum absolute atomic E-state index is 0.802. The van der Waals surface area contributed by atoms with E-state index in [0.717, 1.165) is 43.3 Å². The Bertz CT molecular complexity index is 545. The van der Waals surface area contributed by atoms with Gasteiger partial charge in [-0.2, -0.15) is 5.10 Å². The lowest BCUT2D eigenvalue weighted by Crippen LogP contribution is -2.27. The molecule has 0 bridgehead atoms. The van der Waals surface area contributed by atoms with Crippen molar-refractivity contribution in [2.24, 2.45) is 0 Å². The topological polar surface area (TPSA) is 47.1 Å². The molecule has 2 aromatic rings. The minimum Gasteiger partial charge on any atom is -0.394 e. The van der Waals surface area contributed by atoms with Crippen LogP contribution in [0.4, 0.5) is 11.5 Å². The van der Waals surface area contributed by atoms with Gasteiger partial charge in [0.05, 0.1) is 11.4 Å². The van der Waals surface area contributed by atoms with E-state index in [2.05, 4.69) is 48.1 Å². The average molecular weight is 272 g/mol. The fraction of sp³-hybridized carbons (Fsp3) is 0.438. The van der Waals surface area contributed by atoms with E-state index >= 15 is 0 Å². The summed E-state index contributed by atoms with van der Waals surface area (Å²) >= 11 is 0. The van der Waals surface area contributed by atoms with Crippen molar-refractivity contribution < 1.29 is 0 Å². The van der Waals surface area contributed by atoms with Crippen molar-refractivity contribution in [3.63, 3.8) is 0 Å². The SMILES string of the molecule is CCCN(Cc1ccccc1)c1c(N)c(C)nn1CC. The van der Waals surface area contributed by atoms with Crippen LogP contribution in [0.25, 0.3) is 0 Å². The fourth-order valence-electron chi connectivity index (χ4n) is 2.47. The normalized spacial score (nSPS) is 10.8. The zero-order valence-electron chi connectivity index (χ0n) is 12.6. The van der Waals surface area contributed by atoms with Gasteiger partial charge < -0.3 is 10.6 Å². The van der Waals surface area contributed by atoms with Crippen LogP contribution in [0.15, 0.2) is 30.3 Å². The maximum Gasteiger partial charge on any atom is 0.150 e. The number of nitrogens with zero attached hydrogens (tertiary/aromatic N) is 3. The molecule has 0 radical (unpaired) electrons. The molecule has 0 aliphatic rings. The molecule has 1 aromatic heterocycles. The first-order valence-corrected chi connectivity index (χ1v) is 7.29. The van der Waals surface area contributed by atoms with Crippen LogP contribution in [0.2, 0.25) is 0 Å². The molecule has 4 heteroatoms. The maximum absolute atomic E-state index is 6.24. The van der Waals surface area contributed by atoms with E-state index in [0.29, 0.717) is 0 Å². The Hall–Kier alpha value is -1.97. The van der Waals surface area contributed by atoms with Gasteiger partial charge in [-0.1, -0.05) is 37.3 Å². The second-order valence-electron chi connectivity index (χ2n) is 5.05. The summed E-state index contributed by atoms with van der Waals surface area (Å²) in [5.41, 5.74) is 9.25. The van der Waals surface area contributed by atoms with Crippen molar-refractivity contribution in [1.82, 2.24) is 9.78 Å². The molecular weight excluding hydrogens is 248 g/mol. The Morgan fingerprint density at radius 3 is 2.50 bits per heavy atom. The highest BCUT2D eigenvalue weighted by Gasteiger charge is 2.18. The summed E-state index contributed by atoms with van der Waals surface area (Å²) in [5, 5.41) is 4.52. The van der Waals surface area contributed by atoms with Crippen molar-refractivity contribution in [3.05, 3.63) is 41.6 Å². The van der Waals surface area contributed by atoms with Crippen LogP contribution in [0.5, 0.6) is 0 Å². The third-order valence-electron chi connectivity index (χ3n) is 3.45. The molecule has 1 heterocycles. The Labute approximate surface area is 121 Å². The molecular formula is C16H24N4. The number of hydrogen-bond donors (Lipinski definition) is 1. The number of nitrogen functional groups attached to an aromatic ring is 1. The van der Waals surface area contributed by atoms with Gasteiger partial charge in [0.2, 0.25) is 0 Å². The molecule has 0 fully saturated rings. The van der Waals surface area contributed by atoms with Crippen LogP contribution >= 0.6 is 0 Å². The Morgan fingerprint density at radius 1 is 1.20 bits per heavy atom. The van der Waals surface area contributed by atoms with Crippen LogP contribution in [0.3, 0.4) is 0 Å². The third kappa shape index (κ3) is 2.95. The Kier molecular flexibility index (Phi) is 4.66. The van der Waals surface area contributed by atoms with Gasteiger partial charge >= 0.3 is 0 Å². The molecule has 0 atom stereocenters. The third-order valence-corrected chi connectivity index (χ3v) is 3.45. The van der Waals surface area contributed by atoms with Crippen molar-refractivity contribution >= 4 is 11.5 Å². The predicted octanol–water partition coefficient (Wildman–Crippen LogP) is 3.21. The summed E-state index contributed by atoms with van der Waals surface area (Å²) in [6.45, 7) is 8.93. The van der Waals surface area contributed by atoms with E-state index < -0.39 is 0 Å². The molecule has 0 aliphatic heterocycles. The minimum atomic E-state index is 0.802. The van der Waals surface area contributed by atoms with Crippen LogP contribution < -0.4 is 10.6 Å². The molecule has 0 saturated carbocycles. The van der Waals surface area contributed by atoms with Crippen molar-refractivity contribution in [1.29, 1.82) is 0 Å². The number of aromatic nitrogens is 2. The summed E-state index contributed by atoms with van der Waals surface area (Å²) in [5.74, 6) is 1.05. The van der Waals surface area contributed by atoms with E-state index in [-0.39, 0.29) is 0 Å². The molecule has 0 unspecified atom stereocenters. The van der Waals surface area contributed by atoms with Crippen LogP contribution in [0.1, 0.15) is 31.5 Å². The lowest BCUT2D eigenvalue weighted by molar-refractivity contribution is 0.623. The number of benzene rings is 1. The molecule has 0 saturated heterocycles. The van der Waals surface area contributed by atoms with Gasteiger partial charge in [0, 0.05) is 19.6 Å². The maximum atomic E-state index is 6.24. The fourth-order valence-corrected chi connectivity index (χ4v) is 2.47. The highest BCUT2D eigenvalue weighted by atomic mass is 15.4. The number of nitrogens with two attached hydrogens (primary N) is 1. The van der Waals surface area contributed by atoms with Crippen molar-refractivity contribution in [2.75, 3.05) is 17.2 Å². The van der Waals surface area contributed by atoms with E-state index in [4.69, 9.17) is 5.73 Å². The Morgan fingerprint density at radius 2 is 1.90 bits per heavy atom. The lowest BCUT2D eigenvalue weighted by Gasteiger charge is -2.25. The highest BCUT2D eigenvalue weighted by molar-refractivity contribution is 5.66. The zero-order chi connectivity index (χ0) is 14.5. The van der Waals surface area contributed by atoms with Crippen LogP contribution in [-0.2, 0) is 13.1 Å². The van der Waals surface area contributed by atoms with E-state index in [1.54, 1.807) is 0 Å². The monoisotopic (exact) mass is 272 g/mol. The molecule has 108 valence electrons. The quantitative estimate of drug-likeness (QED) is 0.878. The van der Waals surface area contributed by atoms with E-state index in [9.17, 15) is 0 Å². The number of aryl methyl sites for hydroxylation is 2.